The van der Waals surface area contributed by atoms with Crippen molar-refractivity contribution in [2.45, 2.75) is 6.61 Å². The fourth-order valence-electron chi connectivity index (χ4n) is 1.80. The second-order valence-corrected chi connectivity index (χ2v) is 5.28. The topological polar surface area (TPSA) is 66.2 Å². The third-order valence-corrected chi connectivity index (χ3v) is 3.79. The van der Waals surface area contributed by atoms with Gasteiger partial charge in [0.1, 0.15) is 17.0 Å². The van der Waals surface area contributed by atoms with Crippen molar-refractivity contribution in [3.8, 4) is 11.4 Å². The van der Waals surface area contributed by atoms with Gasteiger partial charge in [-0.15, -0.1) is 16.4 Å². The van der Waals surface area contributed by atoms with Gasteiger partial charge in [0, 0.05) is 11.4 Å². The molecule has 7 heteroatoms. The monoisotopic (exact) mass is 315 g/mol. The first kappa shape index (κ1) is 14.3. The molecule has 0 aliphatic heterocycles. The van der Waals surface area contributed by atoms with Crippen LogP contribution in [0.2, 0.25) is 0 Å². The number of hydrogen-bond donors (Lipinski definition) is 0. The van der Waals surface area contributed by atoms with Gasteiger partial charge < -0.3 is 9.47 Å². The Balaban J connectivity index is 1.62. The smallest absolute Gasteiger partial charge is 0.348 e. The van der Waals surface area contributed by atoms with Gasteiger partial charge in [0.2, 0.25) is 0 Å². The zero-order valence-corrected chi connectivity index (χ0v) is 12.6. The van der Waals surface area contributed by atoms with Crippen molar-refractivity contribution in [3.05, 3.63) is 58.8 Å². The molecular weight excluding hydrogens is 302 g/mol. The van der Waals surface area contributed by atoms with E-state index in [2.05, 4.69) is 10.1 Å². The van der Waals surface area contributed by atoms with E-state index in [9.17, 15) is 4.79 Å². The first-order valence-corrected chi connectivity index (χ1v) is 7.40. The molecule has 2 aromatic heterocycles. The van der Waals surface area contributed by atoms with Crippen LogP contribution in [-0.2, 0) is 11.3 Å². The standard InChI is InChI=1S/C15H13N3O3S/c1-20-12-7-13(22-9-12)15(19)21-8-14-16-10-18(17-14)11-5-3-2-4-6-11/h2-7,9-10H,8H2,1H3. The van der Waals surface area contributed by atoms with Crippen molar-refractivity contribution < 1.29 is 14.3 Å². The van der Waals surface area contributed by atoms with Gasteiger partial charge in [-0.25, -0.2) is 14.5 Å². The molecule has 0 saturated heterocycles. The minimum atomic E-state index is -0.413. The number of benzene rings is 1. The van der Waals surface area contributed by atoms with Crippen LogP contribution in [0.3, 0.4) is 0 Å². The lowest BCUT2D eigenvalue weighted by Crippen LogP contribution is -2.05. The number of hydrogen-bond acceptors (Lipinski definition) is 6. The highest BCUT2D eigenvalue weighted by Crippen LogP contribution is 2.22. The van der Waals surface area contributed by atoms with E-state index in [4.69, 9.17) is 9.47 Å². The van der Waals surface area contributed by atoms with Gasteiger partial charge in [-0.3, -0.25) is 0 Å². The Hall–Kier alpha value is -2.67. The van der Waals surface area contributed by atoms with Crippen molar-refractivity contribution in [2.75, 3.05) is 7.11 Å². The molecule has 112 valence electrons. The van der Waals surface area contributed by atoms with E-state index in [-0.39, 0.29) is 6.61 Å². The first-order chi connectivity index (χ1) is 10.8. The van der Waals surface area contributed by atoms with Crippen molar-refractivity contribution in [1.82, 2.24) is 14.8 Å². The molecule has 2 heterocycles. The summed E-state index contributed by atoms with van der Waals surface area (Å²) in [5, 5.41) is 6.02. The third kappa shape index (κ3) is 3.15. The van der Waals surface area contributed by atoms with Crippen LogP contribution in [0.1, 0.15) is 15.5 Å². The summed E-state index contributed by atoms with van der Waals surface area (Å²) in [4.78, 5) is 16.5. The Morgan fingerprint density at radius 2 is 2.14 bits per heavy atom. The minimum absolute atomic E-state index is 0.0267. The van der Waals surface area contributed by atoms with Crippen molar-refractivity contribution in [3.63, 3.8) is 0 Å². The largest absolute Gasteiger partial charge is 0.496 e. The summed E-state index contributed by atoms with van der Waals surface area (Å²) in [6, 6.07) is 11.2. The van der Waals surface area contributed by atoms with Crippen LogP contribution < -0.4 is 4.74 Å². The maximum atomic E-state index is 11.9. The molecule has 0 N–H and O–H groups in total. The van der Waals surface area contributed by atoms with Crippen LogP contribution in [0.4, 0.5) is 0 Å². The number of ether oxygens (including phenoxy) is 2. The lowest BCUT2D eigenvalue weighted by Gasteiger charge is -2.00. The minimum Gasteiger partial charge on any atom is -0.496 e. The van der Waals surface area contributed by atoms with Crippen molar-refractivity contribution in [1.29, 1.82) is 0 Å². The molecule has 0 bridgehead atoms. The van der Waals surface area contributed by atoms with E-state index in [0.717, 1.165) is 5.69 Å². The summed E-state index contributed by atoms with van der Waals surface area (Å²) in [6.45, 7) is 0.0267. The zero-order chi connectivity index (χ0) is 15.4. The molecule has 0 saturated carbocycles. The molecular formula is C15H13N3O3S. The van der Waals surface area contributed by atoms with Gasteiger partial charge in [-0.2, -0.15) is 0 Å². The van der Waals surface area contributed by atoms with E-state index in [1.165, 1.54) is 11.3 Å². The molecule has 0 unspecified atom stereocenters. The number of nitrogens with zero attached hydrogens (tertiary/aromatic N) is 3. The zero-order valence-electron chi connectivity index (χ0n) is 11.8. The normalized spacial score (nSPS) is 10.4. The SMILES string of the molecule is COc1csc(C(=O)OCc2ncn(-c3ccccc3)n2)c1. The fraction of sp³-hybridized carbons (Fsp3) is 0.133. The van der Waals surface area contributed by atoms with Crippen LogP contribution in [0, 0.1) is 0 Å². The van der Waals surface area contributed by atoms with E-state index in [1.54, 1.807) is 29.6 Å². The summed E-state index contributed by atoms with van der Waals surface area (Å²) >= 11 is 1.27. The number of carbonyl (C=O) groups is 1. The van der Waals surface area contributed by atoms with Gasteiger partial charge >= 0.3 is 5.97 Å². The molecule has 0 aliphatic rings. The molecule has 0 fully saturated rings. The molecule has 1 aromatic carbocycles. The van der Waals surface area contributed by atoms with E-state index < -0.39 is 5.97 Å². The Morgan fingerprint density at radius 3 is 2.86 bits per heavy atom. The average molecular weight is 315 g/mol. The van der Waals surface area contributed by atoms with Crippen LogP contribution in [0.15, 0.2) is 48.1 Å². The molecule has 0 radical (unpaired) electrons. The van der Waals surface area contributed by atoms with E-state index in [0.29, 0.717) is 16.5 Å². The molecule has 3 aromatic rings. The molecule has 22 heavy (non-hydrogen) atoms. The van der Waals surface area contributed by atoms with Crippen LogP contribution in [0.5, 0.6) is 5.75 Å². The molecule has 0 aliphatic carbocycles. The summed E-state index contributed by atoms with van der Waals surface area (Å²) < 4.78 is 11.9. The van der Waals surface area contributed by atoms with Gasteiger partial charge in [0.05, 0.1) is 12.8 Å². The highest BCUT2D eigenvalue weighted by atomic mass is 32.1. The Labute approximate surface area is 130 Å². The number of methoxy groups -OCH3 is 1. The van der Waals surface area contributed by atoms with E-state index >= 15 is 0 Å². The van der Waals surface area contributed by atoms with Gasteiger partial charge in [-0.05, 0) is 12.1 Å². The fourth-order valence-corrected chi connectivity index (χ4v) is 2.55. The van der Waals surface area contributed by atoms with Crippen LogP contribution in [0.25, 0.3) is 5.69 Å². The van der Waals surface area contributed by atoms with Crippen LogP contribution >= 0.6 is 11.3 Å². The third-order valence-electron chi connectivity index (χ3n) is 2.90. The number of rotatable bonds is 5. The average Bonchev–Trinajstić information content (AvgIpc) is 3.22. The summed E-state index contributed by atoms with van der Waals surface area (Å²) in [6.07, 6.45) is 1.59. The lowest BCUT2D eigenvalue weighted by molar-refractivity contribution is 0.0468. The second kappa shape index (κ2) is 6.40. The second-order valence-electron chi connectivity index (χ2n) is 4.37. The Kier molecular flexibility index (Phi) is 4.15. The number of aromatic nitrogens is 3. The van der Waals surface area contributed by atoms with Gasteiger partial charge in [0.25, 0.3) is 0 Å². The number of esters is 1. The van der Waals surface area contributed by atoms with Gasteiger partial charge in [-0.1, -0.05) is 18.2 Å². The Bertz CT molecular complexity index is 767. The maximum Gasteiger partial charge on any atom is 0.348 e. The number of carbonyl (C=O) groups excluding carboxylic acids is 1. The maximum absolute atomic E-state index is 11.9. The molecule has 0 amide bonds. The summed E-state index contributed by atoms with van der Waals surface area (Å²) in [7, 11) is 1.55. The Morgan fingerprint density at radius 1 is 1.32 bits per heavy atom. The highest BCUT2D eigenvalue weighted by molar-refractivity contribution is 7.12. The molecule has 6 nitrogen and oxygen atoms in total. The summed E-state index contributed by atoms with van der Waals surface area (Å²) in [5.74, 6) is 0.675. The lowest BCUT2D eigenvalue weighted by atomic mass is 10.3. The first-order valence-electron chi connectivity index (χ1n) is 6.52. The number of thiophene rings is 1. The molecule has 0 spiro atoms. The quantitative estimate of drug-likeness (QED) is 0.677. The van der Waals surface area contributed by atoms with E-state index in [1.807, 2.05) is 30.3 Å². The van der Waals surface area contributed by atoms with Gasteiger partial charge in [0.15, 0.2) is 12.4 Å². The van der Waals surface area contributed by atoms with Crippen molar-refractivity contribution in [2.24, 2.45) is 0 Å². The highest BCUT2D eigenvalue weighted by Gasteiger charge is 2.12. The summed E-state index contributed by atoms with van der Waals surface area (Å²) in [5.41, 5.74) is 0.899. The molecule has 0 atom stereocenters. The molecule has 3 rings (SSSR count). The van der Waals surface area contributed by atoms with Crippen LogP contribution in [-0.4, -0.2) is 27.8 Å². The predicted octanol–water partition coefficient (Wildman–Crippen LogP) is 2.69. The number of para-hydroxylation sites is 1. The predicted molar refractivity (Wildman–Crippen MR) is 81.3 cm³/mol. The van der Waals surface area contributed by atoms with Crippen molar-refractivity contribution >= 4 is 17.3 Å².